The van der Waals surface area contributed by atoms with E-state index in [-0.39, 0.29) is 43.9 Å². The third kappa shape index (κ3) is 13.8. The number of ether oxygens (including phenoxy) is 1. The molecule has 0 radical (unpaired) electrons. The van der Waals surface area contributed by atoms with Crippen LogP contribution in [0, 0.1) is 11.8 Å². The van der Waals surface area contributed by atoms with Gasteiger partial charge in [-0.05, 0) is 52.6 Å². The molecule has 5 atom stereocenters. The highest BCUT2D eigenvalue weighted by atomic mass is 35.5. The van der Waals surface area contributed by atoms with Gasteiger partial charge in [-0.1, -0.05) is 142 Å². The lowest BCUT2D eigenvalue weighted by molar-refractivity contribution is -0.134. The second-order valence-corrected chi connectivity index (χ2v) is 14.6. The van der Waals surface area contributed by atoms with E-state index in [1.165, 1.54) is 0 Å². The van der Waals surface area contributed by atoms with Gasteiger partial charge in [-0.25, -0.2) is 4.79 Å². The number of carbonyl (C=O) groups is 4. The topological polar surface area (TPSA) is 158 Å². The summed E-state index contributed by atoms with van der Waals surface area (Å²) in [5.74, 6) is -2.23. The molecule has 292 valence electrons. The predicted octanol–water partition coefficient (Wildman–Crippen LogP) is 5.29. The number of halogens is 1. The lowest BCUT2D eigenvalue weighted by atomic mass is 9.93. The van der Waals surface area contributed by atoms with Crippen molar-refractivity contribution in [3.05, 3.63) is 143 Å². The number of aliphatic hydroxyl groups excluding tert-OH is 1. The fraction of sp³-hybridized carbons (Fsp3) is 0.349. The third-order valence-corrected chi connectivity index (χ3v) is 9.35. The van der Waals surface area contributed by atoms with Crippen molar-refractivity contribution in [1.29, 1.82) is 0 Å². The molecule has 0 bridgehead atoms. The van der Waals surface area contributed by atoms with Gasteiger partial charge in [0.15, 0.2) is 0 Å². The molecule has 12 heteroatoms. The summed E-state index contributed by atoms with van der Waals surface area (Å²) in [7, 11) is 0. The van der Waals surface area contributed by atoms with Gasteiger partial charge in [0, 0.05) is 18.1 Å². The van der Waals surface area contributed by atoms with E-state index in [0.717, 1.165) is 22.3 Å². The molecule has 4 amide bonds. The van der Waals surface area contributed by atoms with E-state index in [2.05, 4.69) is 26.6 Å². The Balaban J connectivity index is 1.57. The van der Waals surface area contributed by atoms with Crippen molar-refractivity contribution in [1.82, 2.24) is 26.6 Å². The molecule has 0 aliphatic heterocycles. The summed E-state index contributed by atoms with van der Waals surface area (Å²) < 4.78 is 5.39. The SMILES string of the molecule is CC(C)C(NC(=O)OCc1ccccc1)C(=O)NC(Cc1ccccc1)C(O)C(NCc1ccc(Cl)cc1)C(=O)N[C@@H](C(=O)NCc1ccccc1)C(C)C. The largest absolute Gasteiger partial charge is 0.445 e. The van der Waals surface area contributed by atoms with Crippen LogP contribution in [0.4, 0.5) is 4.79 Å². The summed E-state index contributed by atoms with van der Waals surface area (Å²) >= 11 is 6.11. The fourth-order valence-electron chi connectivity index (χ4n) is 5.93. The van der Waals surface area contributed by atoms with Gasteiger partial charge < -0.3 is 31.1 Å². The van der Waals surface area contributed by atoms with Crippen molar-refractivity contribution in [3.63, 3.8) is 0 Å². The van der Waals surface area contributed by atoms with E-state index in [9.17, 15) is 24.3 Å². The first-order valence-corrected chi connectivity index (χ1v) is 18.9. The van der Waals surface area contributed by atoms with Crippen LogP contribution in [-0.4, -0.2) is 59.2 Å². The van der Waals surface area contributed by atoms with E-state index >= 15 is 0 Å². The minimum Gasteiger partial charge on any atom is -0.445 e. The Labute approximate surface area is 328 Å². The third-order valence-electron chi connectivity index (χ3n) is 9.09. The second kappa shape index (κ2) is 21.6. The van der Waals surface area contributed by atoms with Crippen molar-refractivity contribution in [3.8, 4) is 0 Å². The number of hydrogen-bond donors (Lipinski definition) is 6. The highest BCUT2D eigenvalue weighted by molar-refractivity contribution is 6.30. The van der Waals surface area contributed by atoms with Crippen molar-refractivity contribution < 1.29 is 29.0 Å². The number of amides is 4. The van der Waals surface area contributed by atoms with E-state index in [4.69, 9.17) is 16.3 Å². The summed E-state index contributed by atoms with van der Waals surface area (Å²) in [5, 5.41) is 27.2. The van der Waals surface area contributed by atoms with Crippen molar-refractivity contribution in [2.45, 2.75) is 84.1 Å². The molecular weight excluding hydrogens is 718 g/mol. The molecule has 0 heterocycles. The Morgan fingerprint density at radius 1 is 0.582 bits per heavy atom. The van der Waals surface area contributed by atoms with Gasteiger partial charge in [0.1, 0.15) is 24.7 Å². The lowest BCUT2D eigenvalue weighted by Crippen LogP contribution is -2.63. The summed E-state index contributed by atoms with van der Waals surface area (Å²) in [4.78, 5) is 54.5. The molecule has 0 aliphatic rings. The maximum absolute atomic E-state index is 14.3. The van der Waals surface area contributed by atoms with E-state index in [1.54, 1.807) is 38.1 Å². The summed E-state index contributed by atoms with van der Waals surface area (Å²) in [5.41, 5.74) is 3.27. The van der Waals surface area contributed by atoms with Crippen LogP contribution in [0.1, 0.15) is 49.9 Å². The molecule has 0 spiro atoms. The van der Waals surface area contributed by atoms with E-state index in [0.29, 0.717) is 5.02 Å². The first kappa shape index (κ1) is 42.5. The normalized spacial score (nSPS) is 13.9. The fourth-order valence-corrected chi connectivity index (χ4v) is 6.05. The minimum atomic E-state index is -1.51. The van der Waals surface area contributed by atoms with Gasteiger partial charge >= 0.3 is 6.09 Å². The monoisotopic (exact) mass is 769 g/mol. The molecule has 0 aliphatic carbocycles. The first-order chi connectivity index (χ1) is 26.4. The summed E-state index contributed by atoms with van der Waals surface area (Å²) in [6.45, 7) is 7.66. The number of benzene rings is 4. The number of carbonyl (C=O) groups excluding carboxylic acids is 4. The van der Waals surface area contributed by atoms with Crippen LogP contribution in [0.25, 0.3) is 0 Å². The van der Waals surface area contributed by atoms with Crippen LogP contribution in [-0.2, 0) is 45.2 Å². The molecule has 0 saturated carbocycles. The average Bonchev–Trinajstić information content (AvgIpc) is 3.18. The molecule has 0 aromatic heterocycles. The van der Waals surface area contributed by atoms with Crippen molar-refractivity contribution >= 4 is 35.4 Å². The first-order valence-electron chi connectivity index (χ1n) is 18.5. The van der Waals surface area contributed by atoms with E-state index < -0.39 is 48.2 Å². The maximum atomic E-state index is 14.3. The predicted molar refractivity (Wildman–Crippen MR) is 214 cm³/mol. The van der Waals surface area contributed by atoms with Crippen molar-refractivity contribution in [2.24, 2.45) is 11.8 Å². The van der Waals surface area contributed by atoms with Gasteiger partial charge in [-0.15, -0.1) is 0 Å². The molecular formula is C43H52ClN5O6. The Morgan fingerprint density at radius 2 is 1.07 bits per heavy atom. The summed E-state index contributed by atoms with van der Waals surface area (Å²) in [6, 6.07) is 30.6. The molecule has 4 aromatic carbocycles. The molecule has 0 saturated heterocycles. The number of hydrogen-bond acceptors (Lipinski definition) is 7. The zero-order chi connectivity index (χ0) is 39.7. The highest BCUT2D eigenvalue weighted by Gasteiger charge is 2.38. The summed E-state index contributed by atoms with van der Waals surface area (Å²) in [6.07, 6.45) is -2.13. The number of rotatable bonds is 19. The molecule has 11 nitrogen and oxygen atoms in total. The van der Waals surface area contributed by atoms with Gasteiger partial charge in [0.05, 0.1) is 12.1 Å². The highest BCUT2D eigenvalue weighted by Crippen LogP contribution is 2.15. The Hall–Kier alpha value is -5.23. The number of nitrogens with one attached hydrogen (secondary N) is 5. The molecule has 0 fully saturated rings. The van der Waals surface area contributed by atoms with Crippen LogP contribution in [0.5, 0.6) is 0 Å². The maximum Gasteiger partial charge on any atom is 0.408 e. The minimum absolute atomic E-state index is 0.0200. The molecule has 55 heavy (non-hydrogen) atoms. The molecule has 4 rings (SSSR count). The second-order valence-electron chi connectivity index (χ2n) is 14.1. The Kier molecular flexibility index (Phi) is 16.7. The van der Waals surface area contributed by atoms with Crippen LogP contribution in [0.15, 0.2) is 115 Å². The Bertz CT molecular complexity index is 1800. The van der Waals surface area contributed by atoms with Crippen LogP contribution >= 0.6 is 11.6 Å². The smallest absolute Gasteiger partial charge is 0.408 e. The molecule has 6 N–H and O–H groups in total. The average molecular weight is 770 g/mol. The lowest BCUT2D eigenvalue weighted by Gasteiger charge is -2.33. The van der Waals surface area contributed by atoms with Crippen LogP contribution in [0.2, 0.25) is 5.02 Å². The van der Waals surface area contributed by atoms with Gasteiger partial charge in [0.25, 0.3) is 0 Å². The van der Waals surface area contributed by atoms with Crippen LogP contribution < -0.4 is 26.6 Å². The van der Waals surface area contributed by atoms with Gasteiger partial charge in [-0.2, -0.15) is 0 Å². The van der Waals surface area contributed by atoms with Gasteiger partial charge in [0.2, 0.25) is 17.7 Å². The molecule has 4 aromatic rings. The number of aliphatic hydroxyl groups is 1. The number of alkyl carbamates (subject to hydrolysis) is 1. The zero-order valence-corrected chi connectivity index (χ0v) is 32.5. The van der Waals surface area contributed by atoms with Crippen molar-refractivity contribution in [2.75, 3.05) is 0 Å². The molecule has 4 unspecified atom stereocenters. The quantitative estimate of drug-likeness (QED) is 0.0757. The Morgan fingerprint density at radius 3 is 1.64 bits per heavy atom. The van der Waals surface area contributed by atoms with E-state index in [1.807, 2.05) is 105 Å². The van der Waals surface area contributed by atoms with Crippen LogP contribution in [0.3, 0.4) is 0 Å². The zero-order valence-electron chi connectivity index (χ0n) is 31.7. The van der Waals surface area contributed by atoms with Gasteiger partial charge in [-0.3, -0.25) is 19.7 Å². The standard InChI is InChI=1S/C43H52ClN5O6/c1-28(2)36(40(51)46-26-31-16-10-6-11-17-31)48-42(53)38(45-25-32-20-22-34(44)23-21-32)39(50)35(24-30-14-8-5-9-15-30)47-41(52)37(29(3)4)49-43(54)55-27-33-18-12-7-13-19-33/h5-23,28-29,35-39,45,50H,24-27H2,1-4H3,(H,46,51)(H,47,52)(H,48,53)(H,49,54)/t35?,36-,37?,38?,39?/m1/s1.